The number of fused-ring (bicyclic) bond motifs is 2. The van der Waals surface area contributed by atoms with Crippen molar-refractivity contribution in [2.45, 2.75) is 6.42 Å². The topological polar surface area (TPSA) is 31.4 Å². The maximum Gasteiger partial charge on any atom is 0.231 e. The molecule has 4 heteroatoms. The van der Waals surface area contributed by atoms with Crippen LogP contribution in [0.1, 0.15) is 11.1 Å². The highest BCUT2D eigenvalue weighted by molar-refractivity contribution is 5.85. The molecular formula is C17H14ClNO2. The predicted octanol–water partition coefficient (Wildman–Crippen LogP) is 3.98. The maximum absolute atomic E-state index is 5.43. The van der Waals surface area contributed by atoms with Gasteiger partial charge >= 0.3 is 0 Å². The Morgan fingerprint density at radius 2 is 1.81 bits per heavy atom. The zero-order valence-corrected chi connectivity index (χ0v) is 12.1. The van der Waals surface area contributed by atoms with E-state index in [-0.39, 0.29) is 12.4 Å². The van der Waals surface area contributed by atoms with Crippen LogP contribution < -0.4 is 9.47 Å². The van der Waals surface area contributed by atoms with E-state index >= 15 is 0 Å². The third-order valence-electron chi connectivity index (χ3n) is 3.55. The van der Waals surface area contributed by atoms with Crippen LogP contribution >= 0.6 is 12.4 Å². The summed E-state index contributed by atoms with van der Waals surface area (Å²) in [5.41, 5.74) is 3.49. The zero-order chi connectivity index (χ0) is 13.4. The molecule has 0 saturated carbocycles. The Labute approximate surface area is 128 Å². The van der Waals surface area contributed by atoms with Crippen molar-refractivity contribution in [3.05, 3.63) is 65.9 Å². The average Bonchev–Trinajstić information content (AvgIpc) is 2.95. The molecule has 1 aliphatic heterocycles. The summed E-state index contributed by atoms with van der Waals surface area (Å²) in [5, 5.41) is 1.17. The first kappa shape index (κ1) is 13.7. The van der Waals surface area contributed by atoms with E-state index in [0.29, 0.717) is 6.79 Å². The van der Waals surface area contributed by atoms with Crippen LogP contribution in [0.3, 0.4) is 0 Å². The minimum absolute atomic E-state index is 0. The standard InChI is InChI=1S/C17H13NO2.ClH/c1-3-13-5-2-8-18-17(13)14(4-1)9-12-6-7-15-16(10-12)20-11-19-15;/h1-8,10H,9,11H2;1H. The van der Waals surface area contributed by atoms with Gasteiger partial charge in [-0.05, 0) is 35.7 Å². The Kier molecular flexibility index (Phi) is 3.67. The molecule has 3 aromatic rings. The smallest absolute Gasteiger partial charge is 0.231 e. The van der Waals surface area contributed by atoms with Gasteiger partial charge in [0.25, 0.3) is 0 Å². The fourth-order valence-corrected chi connectivity index (χ4v) is 2.58. The third-order valence-corrected chi connectivity index (χ3v) is 3.55. The first-order valence-corrected chi connectivity index (χ1v) is 6.61. The number of rotatable bonds is 2. The molecule has 0 amide bonds. The molecule has 0 unspecified atom stereocenters. The monoisotopic (exact) mass is 299 g/mol. The Balaban J connectivity index is 0.00000132. The Bertz CT molecular complexity index is 783. The number of hydrogen-bond acceptors (Lipinski definition) is 3. The van der Waals surface area contributed by atoms with E-state index in [0.717, 1.165) is 23.4 Å². The Hall–Kier alpha value is -2.26. The summed E-state index contributed by atoms with van der Waals surface area (Å²) in [7, 11) is 0. The number of para-hydroxylation sites is 1. The normalized spacial score (nSPS) is 12.2. The van der Waals surface area contributed by atoms with Crippen molar-refractivity contribution in [1.82, 2.24) is 4.98 Å². The lowest BCUT2D eigenvalue weighted by molar-refractivity contribution is 0.174. The van der Waals surface area contributed by atoms with E-state index in [1.807, 2.05) is 24.4 Å². The van der Waals surface area contributed by atoms with Gasteiger partial charge < -0.3 is 9.47 Å². The number of pyridine rings is 1. The van der Waals surface area contributed by atoms with Crippen LogP contribution in [0, 0.1) is 0 Å². The van der Waals surface area contributed by atoms with Gasteiger partial charge in [0.15, 0.2) is 11.5 Å². The van der Waals surface area contributed by atoms with E-state index in [2.05, 4.69) is 35.3 Å². The number of nitrogens with zero attached hydrogens (tertiary/aromatic N) is 1. The molecule has 0 radical (unpaired) electrons. The molecule has 0 fully saturated rings. The van der Waals surface area contributed by atoms with Gasteiger partial charge in [-0.3, -0.25) is 4.98 Å². The molecule has 21 heavy (non-hydrogen) atoms. The molecule has 0 spiro atoms. The second kappa shape index (κ2) is 5.62. The van der Waals surface area contributed by atoms with Gasteiger partial charge in [-0.15, -0.1) is 12.4 Å². The molecule has 4 rings (SSSR count). The van der Waals surface area contributed by atoms with Crippen LogP contribution in [0.4, 0.5) is 0 Å². The SMILES string of the molecule is Cl.c1cnc2c(Cc3ccc4c(c3)OCO4)cccc2c1. The van der Waals surface area contributed by atoms with Gasteiger partial charge in [-0.2, -0.15) is 0 Å². The predicted molar refractivity (Wildman–Crippen MR) is 84.4 cm³/mol. The van der Waals surface area contributed by atoms with Crippen LogP contribution in [0.5, 0.6) is 11.5 Å². The summed E-state index contributed by atoms with van der Waals surface area (Å²) in [6.45, 7) is 0.314. The molecule has 3 nitrogen and oxygen atoms in total. The summed E-state index contributed by atoms with van der Waals surface area (Å²) < 4.78 is 10.8. The molecule has 2 heterocycles. The molecule has 0 saturated heterocycles. The minimum atomic E-state index is 0. The second-order valence-electron chi connectivity index (χ2n) is 4.86. The minimum Gasteiger partial charge on any atom is -0.454 e. The summed E-state index contributed by atoms with van der Waals surface area (Å²) in [4.78, 5) is 4.49. The quantitative estimate of drug-likeness (QED) is 0.717. The van der Waals surface area contributed by atoms with Crippen LogP contribution in [-0.4, -0.2) is 11.8 Å². The van der Waals surface area contributed by atoms with E-state index in [9.17, 15) is 0 Å². The van der Waals surface area contributed by atoms with Crippen molar-refractivity contribution in [3.63, 3.8) is 0 Å². The number of hydrogen-bond donors (Lipinski definition) is 0. The lowest BCUT2D eigenvalue weighted by Gasteiger charge is -2.06. The van der Waals surface area contributed by atoms with Gasteiger partial charge in [0, 0.05) is 11.6 Å². The molecule has 2 aromatic carbocycles. The summed E-state index contributed by atoms with van der Waals surface area (Å²) in [5.74, 6) is 1.65. The number of halogens is 1. The molecule has 0 N–H and O–H groups in total. The van der Waals surface area contributed by atoms with Crippen LogP contribution in [0.15, 0.2) is 54.7 Å². The molecule has 0 atom stereocenters. The number of benzene rings is 2. The van der Waals surface area contributed by atoms with E-state index in [1.165, 1.54) is 16.5 Å². The van der Waals surface area contributed by atoms with Crippen LogP contribution in [-0.2, 0) is 6.42 Å². The van der Waals surface area contributed by atoms with Gasteiger partial charge in [0.2, 0.25) is 6.79 Å². The van der Waals surface area contributed by atoms with Crippen molar-refractivity contribution in [2.75, 3.05) is 6.79 Å². The fourth-order valence-electron chi connectivity index (χ4n) is 2.58. The molecule has 106 valence electrons. The van der Waals surface area contributed by atoms with Crippen molar-refractivity contribution in [2.24, 2.45) is 0 Å². The lowest BCUT2D eigenvalue weighted by Crippen LogP contribution is -1.93. The van der Waals surface area contributed by atoms with Crippen LogP contribution in [0.25, 0.3) is 10.9 Å². The number of aromatic nitrogens is 1. The fraction of sp³-hybridized carbons (Fsp3) is 0.118. The number of ether oxygens (including phenoxy) is 2. The van der Waals surface area contributed by atoms with Gasteiger partial charge in [-0.1, -0.05) is 30.3 Å². The molecule has 1 aliphatic rings. The summed E-state index contributed by atoms with van der Waals surface area (Å²) >= 11 is 0. The molecule has 0 aliphatic carbocycles. The Morgan fingerprint density at radius 1 is 0.952 bits per heavy atom. The molecular weight excluding hydrogens is 286 g/mol. The van der Waals surface area contributed by atoms with Gasteiger partial charge in [0.1, 0.15) is 0 Å². The highest BCUT2D eigenvalue weighted by Crippen LogP contribution is 2.33. The van der Waals surface area contributed by atoms with Gasteiger partial charge in [-0.25, -0.2) is 0 Å². The van der Waals surface area contributed by atoms with E-state index in [4.69, 9.17) is 9.47 Å². The highest BCUT2D eigenvalue weighted by Gasteiger charge is 2.13. The lowest BCUT2D eigenvalue weighted by atomic mass is 10.0. The molecule has 0 bridgehead atoms. The average molecular weight is 300 g/mol. The first-order valence-electron chi connectivity index (χ1n) is 6.61. The van der Waals surface area contributed by atoms with Crippen LogP contribution in [0.2, 0.25) is 0 Å². The zero-order valence-electron chi connectivity index (χ0n) is 11.3. The second-order valence-corrected chi connectivity index (χ2v) is 4.86. The third kappa shape index (κ3) is 2.52. The largest absolute Gasteiger partial charge is 0.454 e. The molecule has 1 aromatic heterocycles. The first-order chi connectivity index (χ1) is 9.90. The van der Waals surface area contributed by atoms with Crippen molar-refractivity contribution >= 4 is 23.3 Å². The Morgan fingerprint density at radius 3 is 2.76 bits per heavy atom. The van der Waals surface area contributed by atoms with Crippen molar-refractivity contribution in [1.29, 1.82) is 0 Å². The maximum atomic E-state index is 5.43. The van der Waals surface area contributed by atoms with Crippen molar-refractivity contribution < 1.29 is 9.47 Å². The summed E-state index contributed by atoms with van der Waals surface area (Å²) in [6.07, 6.45) is 2.68. The van der Waals surface area contributed by atoms with Crippen molar-refractivity contribution in [3.8, 4) is 11.5 Å². The van der Waals surface area contributed by atoms with Gasteiger partial charge in [0.05, 0.1) is 5.52 Å². The highest BCUT2D eigenvalue weighted by atomic mass is 35.5. The van der Waals surface area contributed by atoms with E-state index in [1.54, 1.807) is 0 Å². The summed E-state index contributed by atoms with van der Waals surface area (Å²) in [6, 6.07) is 16.4. The van der Waals surface area contributed by atoms with E-state index < -0.39 is 0 Å².